The highest BCUT2D eigenvalue weighted by molar-refractivity contribution is 5.97. The topological polar surface area (TPSA) is 93.5 Å². The minimum atomic E-state index is -0.469. The normalized spacial score (nSPS) is 15.2. The quantitative estimate of drug-likeness (QED) is 0.698. The Kier molecular flexibility index (Phi) is 8.57. The van der Waals surface area contributed by atoms with Crippen LogP contribution < -0.4 is 21.1 Å². The van der Waals surface area contributed by atoms with E-state index in [0.717, 1.165) is 25.7 Å². The molecule has 1 aromatic rings. The van der Waals surface area contributed by atoms with Gasteiger partial charge in [0.1, 0.15) is 18.4 Å². The van der Waals surface area contributed by atoms with E-state index in [1.54, 1.807) is 24.3 Å². The second kappa shape index (κ2) is 10.2. The van der Waals surface area contributed by atoms with Crippen LogP contribution in [-0.2, 0) is 9.59 Å². The van der Waals surface area contributed by atoms with Gasteiger partial charge in [-0.2, -0.15) is 0 Å². The lowest BCUT2D eigenvalue weighted by Gasteiger charge is -2.23. The molecule has 0 radical (unpaired) electrons. The van der Waals surface area contributed by atoms with Crippen molar-refractivity contribution in [1.29, 1.82) is 0 Å². The van der Waals surface area contributed by atoms with E-state index in [4.69, 9.17) is 10.5 Å². The summed E-state index contributed by atoms with van der Waals surface area (Å²) in [5, 5.41) is 5.67. The summed E-state index contributed by atoms with van der Waals surface area (Å²) >= 11 is 0. The fraction of sp³-hybridized carbons (Fsp3) is 0.529. The third kappa shape index (κ3) is 6.02. The average Bonchev–Trinajstić information content (AvgIpc) is 3.05. The van der Waals surface area contributed by atoms with Gasteiger partial charge in [0.15, 0.2) is 0 Å². The summed E-state index contributed by atoms with van der Waals surface area (Å²) in [6.45, 7) is 2.36. The van der Waals surface area contributed by atoms with Crippen LogP contribution in [0.25, 0.3) is 0 Å². The lowest BCUT2D eigenvalue weighted by Crippen LogP contribution is -2.47. The first kappa shape index (κ1) is 20.3. The number of hydrogen-bond acceptors (Lipinski definition) is 4. The maximum absolute atomic E-state index is 12.5. The van der Waals surface area contributed by atoms with Crippen LogP contribution in [0, 0.1) is 5.92 Å². The molecule has 0 saturated heterocycles. The van der Waals surface area contributed by atoms with Crippen molar-refractivity contribution in [1.82, 2.24) is 5.32 Å². The summed E-state index contributed by atoms with van der Waals surface area (Å²) in [4.78, 5) is 23.9. The monoisotopic (exact) mass is 355 g/mol. The smallest absolute Gasteiger partial charge is 0.247 e. The van der Waals surface area contributed by atoms with E-state index in [0.29, 0.717) is 24.6 Å². The molecule has 0 heterocycles. The van der Waals surface area contributed by atoms with Gasteiger partial charge in [-0.05, 0) is 43.0 Å². The Bertz CT molecular complexity index is 530. The van der Waals surface area contributed by atoms with E-state index in [9.17, 15) is 9.59 Å². The molecule has 1 saturated carbocycles. The molecule has 1 unspecified atom stereocenters. The Labute approximate surface area is 148 Å². The Balaban J connectivity index is 0.00000288. The highest BCUT2D eigenvalue weighted by Crippen LogP contribution is 2.28. The maximum Gasteiger partial charge on any atom is 0.247 e. The number of anilines is 1. The molecular formula is C17H26ClN3O3. The average molecular weight is 356 g/mol. The van der Waals surface area contributed by atoms with Crippen LogP contribution in [0.3, 0.4) is 0 Å². The Hall–Kier alpha value is -1.79. The van der Waals surface area contributed by atoms with Crippen molar-refractivity contribution in [2.45, 2.75) is 38.6 Å². The van der Waals surface area contributed by atoms with Gasteiger partial charge in [-0.3, -0.25) is 9.59 Å². The van der Waals surface area contributed by atoms with E-state index >= 15 is 0 Å². The number of carbonyl (C=O) groups excluding carboxylic acids is 2. The molecule has 1 fully saturated rings. The van der Waals surface area contributed by atoms with Gasteiger partial charge in [0, 0.05) is 19.2 Å². The van der Waals surface area contributed by atoms with Gasteiger partial charge in [0.25, 0.3) is 0 Å². The molecule has 0 aromatic heterocycles. The van der Waals surface area contributed by atoms with Crippen molar-refractivity contribution < 1.29 is 14.3 Å². The SMILES string of the molecule is CC(=O)NC(C(=O)Nc1ccc(OCCN)cc1)C1CCCC1.Cl. The fourth-order valence-electron chi connectivity index (χ4n) is 2.94. The predicted molar refractivity (Wildman–Crippen MR) is 96.4 cm³/mol. The van der Waals surface area contributed by atoms with E-state index in [-0.39, 0.29) is 30.1 Å². The third-order valence-corrected chi connectivity index (χ3v) is 4.02. The summed E-state index contributed by atoms with van der Waals surface area (Å²) < 4.78 is 5.40. The molecule has 6 nitrogen and oxygen atoms in total. The molecular weight excluding hydrogens is 330 g/mol. The van der Waals surface area contributed by atoms with E-state index in [1.165, 1.54) is 6.92 Å². The van der Waals surface area contributed by atoms with Crippen LogP contribution in [0.15, 0.2) is 24.3 Å². The van der Waals surface area contributed by atoms with Gasteiger partial charge in [-0.15, -0.1) is 12.4 Å². The highest BCUT2D eigenvalue weighted by Gasteiger charge is 2.31. The van der Waals surface area contributed by atoms with Crippen molar-refractivity contribution in [2.75, 3.05) is 18.5 Å². The first-order valence-corrected chi connectivity index (χ1v) is 8.11. The van der Waals surface area contributed by atoms with Crippen molar-refractivity contribution in [3.05, 3.63) is 24.3 Å². The first-order chi connectivity index (χ1) is 11.1. The molecule has 1 aliphatic rings. The zero-order valence-electron chi connectivity index (χ0n) is 13.9. The van der Waals surface area contributed by atoms with Crippen LogP contribution in [0.5, 0.6) is 5.75 Å². The molecule has 2 rings (SSSR count). The number of halogens is 1. The summed E-state index contributed by atoms with van der Waals surface area (Å²) in [6, 6.07) is 6.66. The molecule has 1 atom stereocenters. The lowest BCUT2D eigenvalue weighted by molar-refractivity contribution is -0.126. The molecule has 7 heteroatoms. The van der Waals surface area contributed by atoms with Gasteiger partial charge < -0.3 is 21.1 Å². The van der Waals surface area contributed by atoms with Crippen molar-refractivity contribution in [3.8, 4) is 5.75 Å². The molecule has 0 aliphatic heterocycles. The summed E-state index contributed by atoms with van der Waals surface area (Å²) in [5.41, 5.74) is 6.07. The van der Waals surface area contributed by atoms with Gasteiger partial charge in [0.2, 0.25) is 11.8 Å². The molecule has 2 amide bonds. The third-order valence-electron chi connectivity index (χ3n) is 4.02. The number of amides is 2. The van der Waals surface area contributed by atoms with E-state index < -0.39 is 6.04 Å². The summed E-state index contributed by atoms with van der Waals surface area (Å²) in [5.74, 6) is 0.582. The first-order valence-electron chi connectivity index (χ1n) is 8.11. The minimum Gasteiger partial charge on any atom is -0.492 e. The highest BCUT2D eigenvalue weighted by atomic mass is 35.5. The standard InChI is InChI=1S/C17H25N3O3.ClH/c1-12(21)19-16(13-4-2-3-5-13)17(22)20-14-6-8-15(9-7-14)23-11-10-18;/h6-9,13,16H,2-5,10-11,18H2,1H3,(H,19,21)(H,20,22);1H. The number of nitrogens with two attached hydrogens (primary N) is 1. The molecule has 1 aromatic carbocycles. The van der Waals surface area contributed by atoms with E-state index in [1.807, 2.05) is 0 Å². The number of rotatable bonds is 7. The van der Waals surface area contributed by atoms with Crippen LogP contribution in [-0.4, -0.2) is 31.0 Å². The fourth-order valence-corrected chi connectivity index (χ4v) is 2.94. The Morgan fingerprint density at radius 3 is 2.42 bits per heavy atom. The van der Waals surface area contributed by atoms with Crippen molar-refractivity contribution in [3.63, 3.8) is 0 Å². The molecule has 0 bridgehead atoms. The Morgan fingerprint density at radius 2 is 1.88 bits per heavy atom. The Morgan fingerprint density at radius 1 is 1.25 bits per heavy atom. The van der Waals surface area contributed by atoms with Crippen LogP contribution in [0.2, 0.25) is 0 Å². The van der Waals surface area contributed by atoms with Crippen LogP contribution in [0.4, 0.5) is 5.69 Å². The molecule has 24 heavy (non-hydrogen) atoms. The zero-order valence-corrected chi connectivity index (χ0v) is 14.7. The molecule has 134 valence electrons. The van der Waals surface area contributed by atoms with Gasteiger partial charge in [0.05, 0.1) is 0 Å². The zero-order chi connectivity index (χ0) is 16.7. The molecule has 1 aliphatic carbocycles. The number of hydrogen-bond donors (Lipinski definition) is 3. The summed E-state index contributed by atoms with van der Waals surface area (Å²) in [6.07, 6.45) is 4.18. The van der Waals surface area contributed by atoms with E-state index in [2.05, 4.69) is 10.6 Å². The van der Waals surface area contributed by atoms with Crippen LogP contribution in [0.1, 0.15) is 32.6 Å². The second-order valence-corrected chi connectivity index (χ2v) is 5.87. The second-order valence-electron chi connectivity index (χ2n) is 5.87. The largest absolute Gasteiger partial charge is 0.492 e. The van der Waals surface area contributed by atoms with Gasteiger partial charge in [-0.1, -0.05) is 12.8 Å². The van der Waals surface area contributed by atoms with Gasteiger partial charge in [-0.25, -0.2) is 0 Å². The van der Waals surface area contributed by atoms with Gasteiger partial charge >= 0.3 is 0 Å². The van der Waals surface area contributed by atoms with Crippen molar-refractivity contribution in [2.24, 2.45) is 11.7 Å². The van der Waals surface area contributed by atoms with Crippen LogP contribution >= 0.6 is 12.4 Å². The summed E-state index contributed by atoms with van der Waals surface area (Å²) in [7, 11) is 0. The number of benzene rings is 1. The number of nitrogens with one attached hydrogen (secondary N) is 2. The minimum absolute atomic E-state index is 0. The maximum atomic E-state index is 12.5. The molecule has 4 N–H and O–H groups in total. The number of carbonyl (C=O) groups is 2. The van der Waals surface area contributed by atoms with Crippen molar-refractivity contribution >= 4 is 29.9 Å². The number of ether oxygens (including phenoxy) is 1. The predicted octanol–water partition coefficient (Wildman–Crippen LogP) is 2.08. The molecule has 0 spiro atoms. The lowest BCUT2D eigenvalue weighted by atomic mass is 9.97.